The van der Waals surface area contributed by atoms with Crippen LogP contribution in [0.2, 0.25) is 0 Å². The standard InChI is InChI=1S/C24H28F3N3O2/c1-16(2)21(28-22(31)20-10-5-4-7-17(20)3)23(32)30-13-11-29(12-14-30)19-9-6-8-18(15-19)24(25,26)27/h4-10,15-16,21H,11-14H2,1-3H3,(H,28,31). The molecule has 0 spiro atoms. The van der Waals surface area contributed by atoms with Crippen molar-refractivity contribution >= 4 is 17.5 Å². The average molecular weight is 448 g/mol. The number of piperazine rings is 1. The van der Waals surface area contributed by atoms with Gasteiger partial charge < -0.3 is 15.1 Å². The van der Waals surface area contributed by atoms with Gasteiger partial charge >= 0.3 is 6.18 Å². The summed E-state index contributed by atoms with van der Waals surface area (Å²) >= 11 is 0. The number of nitrogens with one attached hydrogen (secondary N) is 1. The Morgan fingerprint density at radius 1 is 0.969 bits per heavy atom. The zero-order valence-electron chi connectivity index (χ0n) is 18.4. The highest BCUT2D eigenvalue weighted by atomic mass is 19.4. The van der Waals surface area contributed by atoms with E-state index in [-0.39, 0.29) is 17.7 Å². The van der Waals surface area contributed by atoms with Crippen molar-refractivity contribution in [1.29, 1.82) is 0 Å². The van der Waals surface area contributed by atoms with Crippen LogP contribution < -0.4 is 10.2 Å². The number of carbonyl (C=O) groups is 2. The van der Waals surface area contributed by atoms with E-state index in [4.69, 9.17) is 0 Å². The van der Waals surface area contributed by atoms with Gasteiger partial charge in [-0.15, -0.1) is 0 Å². The number of amides is 2. The largest absolute Gasteiger partial charge is 0.416 e. The fraction of sp³-hybridized carbons (Fsp3) is 0.417. The van der Waals surface area contributed by atoms with E-state index >= 15 is 0 Å². The molecule has 0 aromatic heterocycles. The highest BCUT2D eigenvalue weighted by Gasteiger charge is 2.33. The minimum absolute atomic E-state index is 0.114. The lowest BCUT2D eigenvalue weighted by Gasteiger charge is -2.38. The van der Waals surface area contributed by atoms with Gasteiger partial charge in [0.05, 0.1) is 5.56 Å². The van der Waals surface area contributed by atoms with E-state index in [0.717, 1.165) is 17.7 Å². The molecule has 1 aliphatic heterocycles. The molecule has 0 radical (unpaired) electrons. The van der Waals surface area contributed by atoms with Gasteiger partial charge in [0.2, 0.25) is 5.91 Å². The van der Waals surface area contributed by atoms with Gasteiger partial charge in [0.25, 0.3) is 5.91 Å². The lowest BCUT2D eigenvalue weighted by Crippen LogP contribution is -2.56. The van der Waals surface area contributed by atoms with E-state index in [1.165, 1.54) is 6.07 Å². The number of alkyl halides is 3. The molecule has 1 aliphatic rings. The van der Waals surface area contributed by atoms with Crippen molar-refractivity contribution in [3.05, 3.63) is 65.2 Å². The minimum atomic E-state index is -4.40. The van der Waals surface area contributed by atoms with Gasteiger partial charge in [0, 0.05) is 37.4 Å². The number of benzene rings is 2. The quantitative estimate of drug-likeness (QED) is 0.750. The van der Waals surface area contributed by atoms with Crippen LogP contribution in [-0.4, -0.2) is 48.9 Å². The second-order valence-corrected chi connectivity index (χ2v) is 8.37. The van der Waals surface area contributed by atoms with Gasteiger partial charge in [-0.25, -0.2) is 0 Å². The first-order chi connectivity index (χ1) is 15.1. The maximum Gasteiger partial charge on any atom is 0.416 e. The van der Waals surface area contributed by atoms with Gasteiger partial charge in [-0.05, 0) is 42.7 Å². The Balaban J connectivity index is 1.65. The molecular weight excluding hydrogens is 419 g/mol. The summed E-state index contributed by atoms with van der Waals surface area (Å²) in [6.07, 6.45) is -4.40. The van der Waals surface area contributed by atoms with Crippen molar-refractivity contribution in [2.45, 2.75) is 33.0 Å². The van der Waals surface area contributed by atoms with Gasteiger partial charge in [-0.2, -0.15) is 13.2 Å². The lowest BCUT2D eigenvalue weighted by molar-refractivity contribution is -0.137. The topological polar surface area (TPSA) is 52.7 Å². The molecule has 1 fully saturated rings. The molecule has 8 heteroatoms. The highest BCUT2D eigenvalue weighted by molar-refractivity contribution is 5.98. The molecule has 2 aromatic carbocycles. The second kappa shape index (κ2) is 9.63. The van der Waals surface area contributed by atoms with Gasteiger partial charge in [-0.3, -0.25) is 9.59 Å². The molecule has 2 amide bonds. The second-order valence-electron chi connectivity index (χ2n) is 8.37. The summed E-state index contributed by atoms with van der Waals surface area (Å²) < 4.78 is 39.0. The Morgan fingerprint density at radius 2 is 1.62 bits per heavy atom. The van der Waals surface area contributed by atoms with Crippen molar-refractivity contribution in [3.63, 3.8) is 0 Å². The molecule has 172 valence electrons. The van der Waals surface area contributed by atoms with E-state index in [1.807, 2.05) is 37.8 Å². The Labute approximate surface area is 186 Å². The van der Waals surface area contributed by atoms with Gasteiger partial charge in [-0.1, -0.05) is 38.1 Å². The molecule has 1 N–H and O–H groups in total. The number of halogens is 3. The Bertz CT molecular complexity index is 967. The van der Waals surface area contributed by atoms with Crippen LogP contribution in [0.25, 0.3) is 0 Å². The van der Waals surface area contributed by atoms with Crippen LogP contribution in [0, 0.1) is 12.8 Å². The molecule has 0 aliphatic carbocycles. The number of aryl methyl sites for hydroxylation is 1. The lowest BCUT2D eigenvalue weighted by atomic mass is 10.0. The monoisotopic (exact) mass is 447 g/mol. The molecule has 3 rings (SSSR count). The highest BCUT2D eigenvalue weighted by Crippen LogP contribution is 2.32. The fourth-order valence-corrected chi connectivity index (χ4v) is 3.82. The summed E-state index contributed by atoms with van der Waals surface area (Å²) in [6, 6.07) is 11.7. The van der Waals surface area contributed by atoms with Crippen LogP contribution >= 0.6 is 0 Å². The van der Waals surface area contributed by atoms with Crippen molar-refractivity contribution in [1.82, 2.24) is 10.2 Å². The third kappa shape index (κ3) is 5.41. The van der Waals surface area contributed by atoms with Crippen LogP contribution in [-0.2, 0) is 11.0 Å². The van der Waals surface area contributed by atoms with Crippen LogP contribution in [0.4, 0.5) is 18.9 Å². The summed E-state index contributed by atoms with van der Waals surface area (Å²) in [5, 5.41) is 2.87. The molecular formula is C24H28F3N3O2. The maximum absolute atomic E-state index is 13.2. The molecule has 1 heterocycles. The predicted molar refractivity (Wildman–Crippen MR) is 118 cm³/mol. The van der Waals surface area contributed by atoms with Gasteiger partial charge in [0.1, 0.15) is 6.04 Å². The van der Waals surface area contributed by atoms with Crippen LogP contribution in [0.5, 0.6) is 0 Å². The molecule has 32 heavy (non-hydrogen) atoms. The number of carbonyl (C=O) groups excluding carboxylic acids is 2. The molecule has 5 nitrogen and oxygen atoms in total. The zero-order chi connectivity index (χ0) is 23.5. The number of nitrogens with zero attached hydrogens (tertiary/aromatic N) is 2. The van der Waals surface area contributed by atoms with Crippen LogP contribution in [0.3, 0.4) is 0 Å². The summed E-state index contributed by atoms with van der Waals surface area (Å²) in [5.41, 5.74) is 1.16. The zero-order valence-corrected chi connectivity index (χ0v) is 18.4. The van der Waals surface area contributed by atoms with E-state index in [2.05, 4.69) is 5.32 Å². The van der Waals surface area contributed by atoms with Gasteiger partial charge in [0.15, 0.2) is 0 Å². The third-order valence-electron chi connectivity index (χ3n) is 5.74. The summed E-state index contributed by atoms with van der Waals surface area (Å²) in [7, 11) is 0. The molecule has 1 unspecified atom stereocenters. The van der Waals surface area contributed by atoms with Crippen LogP contribution in [0.15, 0.2) is 48.5 Å². The fourth-order valence-electron chi connectivity index (χ4n) is 3.82. The molecule has 1 saturated heterocycles. The van der Waals surface area contributed by atoms with Crippen molar-refractivity contribution < 1.29 is 22.8 Å². The summed E-state index contributed by atoms with van der Waals surface area (Å²) in [5.74, 6) is -0.583. The number of hydrogen-bond donors (Lipinski definition) is 1. The van der Waals surface area contributed by atoms with E-state index in [1.54, 1.807) is 23.1 Å². The van der Waals surface area contributed by atoms with E-state index < -0.39 is 17.8 Å². The Morgan fingerprint density at radius 3 is 2.22 bits per heavy atom. The predicted octanol–water partition coefficient (Wildman–Crippen LogP) is 4.12. The summed E-state index contributed by atoms with van der Waals surface area (Å²) in [6.45, 7) is 7.18. The third-order valence-corrected chi connectivity index (χ3v) is 5.74. The SMILES string of the molecule is Cc1ccccc1C(=O)NC(C(=O)N1CCN(c2cccc(C(F)(F)F)c2)CC1)C(C)C. The smallest absolute Gasteiger partial charge is 0.368 e. The van der Waals surface area contributed by atoms with E-state index in [9.17, 15) is 22.8 Å². The molecule has 0 saturated carbocycles. The molecule has 2 aromatic rings. The minimum Gasteiger partial charge on any atom is -0.368 e. The van der Waals surface area contributed by atoms with E-state index in [0.29, 0.717) is 37.4 Å². The Hall–Kier alpha value is -3.03. The molecule has 0 bridgehead atoms. The number of hydrogen-bond acceptors (Lipinski definition) is 3. The summed E-state index contributed by atoms with van der Waals surface area (Å²) in [4.78, 5) is 29.4. The normalized spacial score (nSPS) is 15.6. The first kappa shape index (κ1) is 23.6. The van der Waals surface area contributed by atoms with Crippen LogP contribution in [0.1, 0.15) is 35.3 Å². The van der Waals surface area contributed by atoms with Crippen molar-refractivity contribution in [2.75, 3.05) is 31.1 Å². The first-order valence-electron chi connectivity index (χ1n) is 10.7. The molecule has 1 atom stereocenters. The average Bonchev–Trinajstić information content (AvgIpc) is 2.76. The first-order valence-corrected chi connectivity index (χ1v) is 10.7. The maximum atomic E-state index is 13.2. The Kier molecular flexibility index (Phi) is 7.11. The van der Waals surface area contributed by atoms with Crippen molar-refractivity contribution in [2.24, 2.45) is 5.92 Å². The number of anilines is 1. The van der Waals surface area contributed by atoms with Crippen molar-refractivity contribution in [3.8, 4) is 0 Å². The number of rotatable bonds is 5.